The lowest BCUT2D eigenvalue weighted by molar-refractivity contribution is -0.119. The number of hydrogen-bond acceptors (Lipinski definition) is 4. The van der Waals surface area contributed by atoms with Gasteiger partial charge in [0.2, 0.25) is 5.91 Å². The van der Waals surface area contributed by atoms with E-state index in [9.17, 15) is 9.59 Å². The Bertz CT molecular complexity index is 1310. The number of nitrogens with one attached hydrogen (secondary N) is 1. The van der Waals surface area contributed by atoms with Gasteiger partial charge in [0.05, 0.1) is 29.2 Å². The quantitative estimate of drug-likeness (QED) is 0.307. The first-order valence-electron chi connectivity index (χ1n) is 10.2. The van der Waals surface area contributed by atoms with Crippen molar-refractivity contribution in [2.45, 2.75) is 24.7 Å². The fourth-order valence-corrected chi connectivity index (χ4v) is 4.59. The number of nitrogens with zero attached hydrogens (tertiary/aromatic N) is 2. The molecule has 4 rings (SSSR count). The van der Waals surface area contributed by atoms with Crippen LogP contribution in [0.15, 0.2) is 88.8 Å². The number of para-hydroxylation sites is 1. The molecule has 1 amide bonds. The topological polar surface area (TPSA) is 64.0 Å². The molecule has 1 unspecified atom stereocenters. The number of benzene rings is 3. The van der Waals surface area contributed by atoms with Gasteiger partial charge >= 0.3 is 0 Å². The van der Waals surface area contributed by atoms with Crippen molar-refractivity contribution in [3.05, 3.63) is 105 Å². The van der Waals surface area contributed by atoms with Gasteiger partial charge in [-0.05, 0) is 36.2 Å². The average molecular weight is 464 g/mol. The van der Waals surface area contributed by atoms with E-state index in [-0.39, 0.29) is 23.3 Å². The Morgan fingerprint density at radius 1 is 1.03 bits per heavy atom. The summed E-state index contributed by atoms with van der Waals surface area (Å²) in [5, 5.41) is 4.65. The van der Waals surface area contributed by atoms with Crippen LogP contribution in [-0.4, -0.2) is 21.2 Å². The predicted octanol–water partition coefficient (Wildman–Crippen LogP) is 5.07. The van der Waals surface area contributed by atoms with E-state index in [4.69, 9.17) is 11.6 Å². The maximum Gasteiger partial charge on any atom is 0.262 e. The molecule has 0 fully saturated rings. The van der Waals surface area contributed by atoms with Crippen molar-refractivity contribution in [1.82, 2.24) is 14.9 Å². The molecule has 5 nitrogen and oxygen atoms in total. The number of carbonyl (C=O) groups excluding carboxylic acids is 1. The van der Waals surface area contributed by atoms with Crippen LogP contribution in [0.5, 0.6) is 0 Å². The van der Waals surface area contributed by atoms with Crippen molar-refractivity contribution >= 4 is 40.2 Å². The smallest absolute Gasteiger partial charge is 0.262 e. The maximum absolute atomic E-state index is 13.2. The third-order valence-corrected chi connectivity index (χ3v) is 6.41. The fraction of sp³-hybridized carbons (Fsp3) is 0.160. The summed E-state index contributed by atoms with van der Waals surface area (Å²) in [5.74, 6) is -0.0231. The summed E-state index contributed by atoms with van der Waals surface area (Å²) < 4.78 is 1.63. The Morgan fingerprint density at radius 2 is 1.72 bits per heavy atom. The van der Waals surface area contributed by atoms with Crippen molar-refractivity contribution in [3.8, 4) is 0 Å². The van der Waals surface area contributed by atoms with Crippen molar-refractivity contribution in [3.63, 3.8) is 0 Å². The predicted molar refractivity (Wildman–Crippen MR) is 130 cm³/mol. The van der Waals surface area contributed by atoms with Crippen LogP contribution in [0.3, 0.4) is 0 Å². The molecule has 1 N–H and O–H groups in total. The molecule has 7 heteroatoms. The second kappa shape index (κ2) is 10.0. The molecule has 0 radical (unpaired) electrons. The van der Waals surface area contributed by atoms with Crippen LogP contribution in [0.4, 0.5) is 0 Å². The van der Waals surface area contributed by atoms with Gasteiger partial charge in [-0.1, -0.05) is 84.0 Å². The minimum Gasteiger partial charge on any atom is -0.349 e. The Labute approximate surface area is 195 Å². The van der Waals surface area contributed by atoms with E-state index >= 15 is 0 Å². The van der Waals surface area contributed by atoms with Crippen molar-refractivity contribution < 1.29 is 4.79 Å². The fourth-order valence-electron chi connectivity index (χ4n) is 3.48. The lowest BCUT2D eigenvalue weighted by Crippen LogP contribution is -2.29. The van der Waals surface area contributed by atoms with Gasteiger partial charge < -0.3 is 5.32 Å². The number of aromatic nitrogens is 2. The monoisotopic (exact) mass is 463 g/mol. The molecule has 0 saturated heterocycles. The molecule has 1 atom stereocenters. The lowest BCUT2D eigenvalue weighted by atomic mass is 10.1. The number of fused-ring (bicyclic) bond motifs is 1. The summed E-state index contributed by atoms with van der Waals surface area (Å²) in [4.78, 5) is 30.5. The van der Waals surface area contributed by atoms with Gasteiger partial charge in [-0.2, -0.15) is 0 Å². The average Bonchev–Trinajstić information content (AvgIpc) is 2.80. The van der Waals surface area contributed by atoms with E-state index in [0.29, 0.717) is 27.6 Å². The van der Waals surface area contributed by atoms with E-state index in [2.05, 4.69) is 10.3 Å². The highest BCUT2D eigenvalue weighted by Gasteiger charge is 2.16. The summed E-state index contributed by atoms with van der Waals surface area (Å²) in [6, 6.07) is 24.2. The SMILES string of the molecule is CC(NC(=O)CSc1nc2ccccc2c(=O)n1Cc1ccccc1)c1ccccc1Cl. The van der Waals surface area contributed by atoms with Crippen LogP contribution >= 0.6 is 23.4 Å². The maximum atomic E-state index is 13.2. The summed E-state index contributed by atoms with van der Waals surface area (Å²) >= 11 is 7.49. The molecule has 0 saturated carbocycles. The van der Waals surface area contributed by atoms with Crippen LogP contribution in [0.1, 0.15) is 24.1 Å². The van der Waals surface area contributed by atoms with E-state index in [1.165, 1.54) is 11.8 Å². The number of carbonyl (C=O) groups is 1. The molecule has 162 valence electrons. The number of thioether (sulfide) groups is 1. The highest BCUT2D eigenvalue weighted by molar-refractivity contribution is 7.99. The molecule has 32 heavy (non-hydrogen) atoms. The molecule has 0 bridgehead atoms. The van der Waals surface area contributed by atoms with Gasteiger partial charge in [0, 0.05) is 5.02 Å². The second-order valence-corrected chi connectivity index (χ2v) is 8.74. The van der Waals surface area contributed by atoms with Crippen molar-refractivity contribution in [1.29, 1.82) is 0 Å². The van der Waals surface area contributed by atoms with Crippen molar-refractivity contribution in [2.24, 2.45) is 0 Å². The third-order valence-electron chi connectivity index (χ3n) is 5.09. The van der Waals surface area contributed by atoms with Crippen LogP contribution in [0.2, 0.25) is 5.02 Å². The summed E-state index contributed by atoms with van der Waals surface area (Å²) in [6.07, 6.45) is 0. The Hall–Kier alpha value is -3.09. The third kappa shape index (κ3) is 5.03. The first kappa shape index (κ1) is 22.1. The second-order valence-electron chi connectivity index (χ2n) is 7.39. The molecule has 4 aromatic rings. The Morgan fingerprint density at radius 3 is 2.50 bits per heavy atom. The molecule has 0 aliphatic rings. The van der Waals surface area contributed by atoms with E-state index in [1.807, 2.05) is 73.7 Å². The van der Waals surface area contributed by atoms with Crippen LogP contribution in [0.25, 0.3) is 10.9 Å². The molecule has 0 aliphatic heterocycles. The molecule has 3 aromatic carbocycles. The molecule has 0 aliphatic carbocycles. The number of rotatable bonds is 7. The minimum absolute atomic E-state index is 0.119. The number of halogens is 1. The molecule has 0 spiro atoms. The molecular weight excluding hydrogens is 442 g/mol. The summed E-state index contributed by atoms with van der Waals surface area (Å²) in [7, 11) is 0. The Kier molecular flexibility index (Phi) is 6.93. The lowest BCUT2D eigenvalue weighted by Gasteiger charge is -2.16. The highest BCUT2D eigenvalue weighted by Crippen LogP contribution is 2.23. The van der Waals surface area contributed by atoms with Crippen molar-refractivity contribution in [2.75, 3.05) is 5.75 Å². The van der Waals surface area contributed by atoms with Gasteiger partial charge in [0.25, 0.3) is 5.56 Å². The van der Waals surface area contributed by atoms with Crippen LogP contribution in [0, 0.1) is 0 Å². The molecular formula is C25H22ClN3O2S. The van der Waals surface area contributed by atoms with Gasteiger partial charge in [-0.25, -0.2) is 4.98 Å². The van der Waals surface area contributed by atoms with Crippen LogP contribution in [-0.2, 0) is 11.3 Å². The van der Waals surface area contributed by atoms with Gasteiger partial charge in [-0.15, -0.1) is 0 Å². The summed E-state index contributed by atoms with van der Waals surface area (Å²) in [6.45, 7) is 2.28. The highest BCUT2D eigenvalue weighted by atomic mass is 35.5. The standard InChI is InChI=1S/C25H22ClN3O2S/c1-17(19-11-5-7-13-21(19)26)27-23(30)16-32-25-28-22-14-8-6-12-20(22)24(31)29(25)15-18-9-3-2-4-10-18/h2-14,17H,15-16H2,1H3,(H,27,30). The summed E-state index contributed by atoms with van der Waals surface area (Å²) in [5.41, 5.74) is 2.35. The first-order chi connectivity index (χ1) is 15.5. The van der Waals surface area contributed by atoms with E-state index < -0.39 is 0 Å². The van der Waals surface area contributed by atoms with Gasteiger partial charge in [0.1, 0.15) is 0 Å². The zero-order valence-electron chi connectivity index (χ0n) is 17.5. The number of amides is 1. The molecule has 1 aromatic heterocycles. The zero-order chi connectivity index (χ0) is 22.5. The van der Waals surface area contributed by atoms with Gasteiger partial charge in [-0.3, -0.25) is 14.2 Å². The van der Waals surface area contributed by atoms with Gasteiger partial charge in [0.15, 0.2) is 5.16 Å². The largest absolute Gasteiger partial charge is 0.349 e. The normalized spacial score (nSPS) is 11.9. The molecule has 1 heterocycles. The Balaban J connectivity index is 1.56. The van der Waals surface area contributed by atoms with E-state index in [0.717, 1.165) is 11.1 Å². The van der Waals surface area contributed by atoms with E-state index in [1.54, 1.807) is 16.7 Å². The van der Waals surface area contributed by atoms with Crippen LogP contribution < -0.4 is 10.9 Å². The first-order valence-corrected chi connectivity index (χ1v) is 11.6. The number of hydrogen-bond donors (Lipinski definition) is 1. The zero-order valence-corrected chi connectivity index (χ0v) is 19.1. The minimum atomic E-state index is -0.229.